The third-order valence-electron chi connectivity index (χ3n) is 3.91. The molecule has 0 fully saturated rings. The van der Waals surface area contributed by atoms with Crippen LogP contribution in [0.25, 0.3) is 0 Å². The monoisotopic (exact) mass is 501 g/mol. The smallest absolute Gasteiger partial charge is 0.268 e. The number of nitrogens with one attached hydrogen (secondary N) is 2. The van der Waals surface area contributed by atoms with Crippen molar-refractivity contribution in [2.45, 2.75) is 23.2 Å². The number of carbonyl (C=O) groups excluding carboxylic acids is 1. The number of amides is 1. The van der Waals surface area contributed by atoms with E-state index in [1.165, 1.54) is 29.1 Å². The number of nitrogens with zero attached hydrogens (tertiary/aromatic N) is 3. The number of rotatable bonds is 8. The van der Waals surface area contributed by atoms with Crippen LogP contribution in [0.3, 0.4) is 0 Å². The molecule has 13 heteroatoms. The molecule has 154 valence electrons. The summed E-state index contributed by atoms with van der Waals surface area (Å²) in [5, 5.41) is 26.2. The molecule has 1 amide bonds. The van der Waals surface area contributed by atoms with Crippen molar-refractivity contribution in [2.75, 3.05) is 0 Å². The number of thiophene rings is 1. The van der Waals surface area contributed by atoms with Gasteiger partial charge < -0.3 is 5.11 Å². The zero-order valence-corrected chi connectivity index (χ0v) is 17.9. The Morgan fingerprint density at radius 3 is 2.59 bits per heavy atom. The van der Waals surface area contributed by atoms with Crippen LogP contribution in [-0.2, 0) is 27.8 Å². The minimum atomic E-state index is -3.70. The second kappa shape index (κ2) is 9.00. The lowest BCUT2D eigenvalue weighted by Gasteiger charge is -2.14. The molecule has 0 aliphatic heterocycles. The van der Waals surface area contributed by atoms with Gasteiger partial charge in [-0.1, -0.05) is 17.3 Å². The molecule has 1 aromatic carbocycles. The Kier molecular flexibility index (Phi) is 6.64. The van der Waals surface area contributed by atoms with Gasteiger partial charge in [0.2, 0.25) is 10.0 Å². The molecule has 0 saturated heterocycles. The van der Waals surface area contributed by atoms with Crippen LogP contribution in [0.15, 0.2) is 50.6 Å². The summed E-state index contributed by atoms with van der Waals surface area (Å²) in [6.45, 7) is -0.121. The number of hydrogen-bond acceptors (Lipinski definition) is 8. The zero-order chi connectivity index (χ0) is 21.0. The van der Waals surface area contributed by atoms with Gasteiger partial charge in [-0.15, -0.1) is 16.4 Å². The van der Waals surface area contributed by atoms with Gasteiger partial charge in [-0.2, -0.15) is 0 Å². The van der Waals surface area contributed by atoms with Crippen LogP contribution in [-0.4, -0.2) is 39.6 Å². The Hall–Kier alpha value is -2.32. The van der Waals surface area contributed by atoms with E-state index in [0.29, 0.717) is 9.48 Å². The van der Waals surface area contributed by atoms with E-state index in [1.807, 2.05) is 0 Å². The summed E-state index contributed by atoms with van der Waals surface area (Å²) in [5.41, 5.74) is 2.61. The number of hydroxylamine groups is 1. The molecule has 0 radical (unpaired) electrons. The first-order valence-electron chi connectivity index (χ1n) is 8.16. The first kappa shape index (κ1) is 21.4. The number of phenols is 1. The van der Waals surface area contributed by atoms with Crippen LogP contribution < -0.4 is 10.2 Å². The fourth-order valence-corrected chi connectivity index (χ4v) is 5.52. The van der Waals surface area contributed by atoms with E-state index in [-0.39, 0.29) is 22.9 Å². The molecule has 3 rings (SSSR count). The minimum absolute atomic E-state index is 0.0880. The standard InChI is InChI=1S/C16H16BrN5O5S2/c17-14-5-6-15(28-14)29(26,27)18-8-11-9-22(21-19-11)13(16(24)20-25)7-10-1-3-12(23)4-2-10/h1-6,9,13,18,23,25H,7-8H2,(H,20,24). The van der Waals surface area contributed by atoms with E-state index in [9.17, 15) is 18.3 Å². The first-order chi connectivity index (χ1) is 13.8. The normalized spacial score (nSPS) is 12.6. The van der Waals surface area contributed by atoms with Crippen molar-refractivity contribution in [2.24, 2.45) is 0 Å². The van der Waals surface area contributed by atoms with Crippen molar-refractivity contribution in [3.05, 3.63) is 57.6 Å². The SMILES string of the molecule is O=C(NO)C(Cc1ccc(O)cc1)n1cc(CNS(=O)(=O)c2ccc(Br)s2)nn1. The van der Waals surface area contributed by atoms with Gasteiger partial charge in [-0.3, -0.25) is 10.0 Å². The molecule has 29 heavy (non-hydrogen) atoms. The van der Waals surface area contributed by atoms with E-state index >= 15 is 0 Å². The largest absolute Gasteiger partial charge is 0.508 e. The topological polar surface area (TPSA) is 146 Å². The van der Waals surface area contributed by atoms with Crippen molar-refractivity contribution in [3.8, 4) is 5.75 Å². The Bertz CT molecular complexity index is 1100. The summed E-state index contributed by atoms with van der Waals surface area (Å²) >= 11 is 4.30. The summed E-state index contributed by atoms with van der Waals surface area (Å²) in [4.78, 5) is 12.1. The van der Waals surface area contributed by atoms with Crippen LogP contribution in [0.4, 0.5) is 0 Å². The van der Waals surface area contributed by atoms with E-state index in [2.05, 4.69) is 31.0 Å². The van der Waals surface area contributed by atoms with E-state index in [0.717, 1.165) is 16.9 Å². The molecule has 2 aromatic heterocycles. The van der Waals surface area contributed by atoms with Gasteiger partial charge in [0.25, 0.3) is 5.91 Å². The van der Waals surface area contributed by atoms with Crippen molar-refractivity contribution in [3.63, 3.8) is 0 Å². The molecule has 0 aliphatic rings. The minimum Gasteiger partial charge on any atom is -0.508 e. The predicted octanol–water partition coefficient (Wildman–Crippen LogP) is 1.58. The van der Waals surface area contributed by atoms with Crippen molar-refractivity contribution in [1.82, 2.24) is 25.2 Å². The van der Waals surface area contributed by atoms with Gasteiger partial charge in [0.1, 0.15) is 16.0 Å². The maximum Gasteiger partial charge on any atom is 0.268 e. The van der Waals surface area contributed by atoms with E-state index in [4.69, 9.17) is 5.21 Å². The summed E-state index contributed by atoms with van der Waals surface area (Å²) < 4.78 is 29.1. The summed E-state index contributed by atoms with van der Waals surface area (Å²) in [5.74, 6) is -0.622. The van der Waals surface area contributed by atoms with Crippen LogP contribution >= 0.6 is 27.3 Å². The molecule has 10 nitrogen and oxygen atoms in total. The van der Waals surface area contributed by atoms with Crippen molar-refractivity contribution < 1.29 is 23.5 Å². The highest BCUT2D eigenvalue weighted by Crippen LogP contribution is 2.26. The van der Waals surface area contributed by atoms with Gasteiger partial charge in [-0.05, 0) is 45.8 Å². The lowest BCUT2D eigenvalue weighted by molar-refractivity contribution is -0.133. The fraction of sp³-hybridized carbons (Fsp3) is 0.188. The molecular weight excluding hydrogens is 486 g/mol. The molecule has 1 unspecified atom stereocenters. The summed E-state index contributed by atoms with van der Waals surface area (Å²) in [6.07, 6.45) is 1.59. The Morgan fingerprint density at radius 1 is 1.24 bits per heavy atom. The van der Waals surface area contributed by atoms with Crippen molar-refractivity contribution in [1.29, 1.82) is 0 Å². The number of aromatic hydroxyl groups is 1. The lowest BCUT2D eigenvalue weighted by atomic mass is 10.1. The average Bonchev–Trinajstić information content (AvgIpc) is 3.35. The number of hydrogen-bond donors (Lipinski definition) is 4. The molecule has 4 N–H and O–H groups in total. The Labute approximate surface area is 178 Å². The molecule has 2 heterocycles. The second-order valence-corrected chi connectivity index (χ2v) is 10.4. The Morgan fingerprint density at radius 2 is 1.97 bits per heavy atom. The van der Waals surface area contributed by atoms with Crippen LogP contribution in [0.2, 0.25) is 0 Å². The number of sulfonamides is 1. The van der Waals surface area contributed by atoms with Crippen LogP contribution in [0, 0.1) is 0 Å². The number of benzene rings is 1. The number of halogens is 1. The molecule has 0 saturated carbocycles. The van der Waals surface area contributed by atoms with Crippen LogP contribution in [0.5, 0.6) is 5.75 Å². The third kappa shape index (κ3) is 5.39. The van der Waals surface area contributed by atoms with Crippen LogP contribution in [0.1, 0.15) is 17.3 Å². The van der Waals surface area contributed by atoms with Crippen molar-refractivity contribution >= 4 is 43.2 Å². The maximum absolute atomic E-state index is 12.3. The highest BCUT2D eigenvalue weighted by Gasteiger charge is 2.23. The fourth-order valence-electron chi connectivity index (χ4n) is 2.47. The molecular formula is C16H16BrN5O5S2. The molecule has 3 aromatic rings. The number of aromatic nitrogens is 3. The quantitative estimate of drug-likeness (QED) is 0.270. The number of phenolic OH excluding ortho intramolecular Hbond substituents is 1. The molecule has 1 atom stereocenters. The highest BCUT2D eigenvalue weighted by atomic mass is 79.9. The zero-order valence-electron chi connectivity index (χ0n) is 14.7. The van der Waals surface area contributed by atoms with Gasteiger partial charge in [0, 0.05) is 6.42 Å². The summed E-state index contributed by atoms with van der Waals surface area (Å²) in [7, 11) is -3.70. The first-order valence-corrected chi connectivity index (χ1v) is 11.3. The van der Waals surface area contributed by atoms with E-state index < -0.39 is 22.0 Å². The van der Waals surface area contributed by atoms with Gasteiger partial charge in [-0.25, -0.2) is 23.3 Å². The Balaban J connectivity index is 1.73. The highest BCUT2D eigenvalue weighted by molar-refractivity contribution is 9.11. The van der Waals surface area contributed by atoms with Gasteiger partial charge in [0.05, 0.1) is 22.2 Å². The third-order valence-corrected chi connectivity index (χ3v) is 7.43. The van der Waals surface area contributed by atoms with Gasteiger partial charge >= 0.3 is 0 Å². The number of carbonyl (C=O) groups is 1. The second-order valence-electron chi connectivity index (χ2n) is 5.94. The lowest BCUT2D eigenvalue weighted by Crippen LogP contribution is -2.32. The predicted molar refractivity (Wildman–Crippen MR) is 107 cm³/mol. The maximum atomic E-state index is 12.3. The summed E-state index contributed by atoms with van der Waals surface area (Å²) in [6, 6.07) is 8.43. The van der Waals surface area contributed by atoms with E-state index in [1.54, 1.807) is 23.7 Å². The molecule has 0 spiro atoms. The molecule has 0 bridgehead atoms. The average molecular weight is 502 g/mol. The molecule has 0 aliphatic carbocycles. The van der Waals surface area contributed by atoms with Gasteiger partial charge in [0.15, 0.2) is 0 Å².